The Bertz CT molecular complexity index is 308. The third kappa shape index (κ3) is 2.10. The van der Waals surface area contributed by atoms with Crippen LogP contribution in [-0.2, 0) is 9.59 Å². The molecule has 4 nitrogen and oxygen atoms in total. The minimum absolute atomic E-state index is 0.0157. The van der Waals surface area contributed by atoms with Gasteiger partial charge in [0.2, 0.25) is 11.8 Å². The Morgan fingerprint density at radius 1 is 1.12 bits per heavy atom. The van der Waals surface area contributed by atoms with E-state index in [2.05, 4.69) is 6.58 Å². The van der Waals surface area contributed by atoms with Crippen molar-refractivity contribution in [1.29, 1.82) is 0 Å². The molecule has 2 rings (SSSR count). The molecule has 2 saturated heterocycles. The molecule has 2 fully saturated rings. The summed E-state index contributed by atoms with van der Waals surface area (Å²) < 4.78 is 0. The van der Waals surface area contributed by atoms with Crippen LogP contribution in [0.4, 0.5) is 0 Å². The summed E-state index contributed by atoms with van der Waals surface area (Å²) in [5.74, 6) is 0.190. The van der Waals surface area contributed by atoms with Gasteiger partial charge in [-0.3, -0.25) is 9.59 Å². The Labute approximate surface area is 95.9 Å². The third-order valence-corrected chi connectivity index (χ3v) is 3.44. The first-order valence-corrected chi connectivity index (χ1v) is 5.92. The molecular formula is C12H18N2O2. The fourth-order valence-corrected chi connectivity index (χ4v) is 2.49. The molecule has 0 aromatic carbocycles. The summed E-state index contributed by atoms with van der Waals surface area (Å²) >= 11 is 0. The highest BCUT2D eigenvalue weighted by Gasteiger charge is 2.33. The van der Waals surface area contributed by atoms with E-state index in [9.17, 15) is 9.59 Å². The standard InChI is InChI=1S/C12H18N2O2/c1-2-11(15)14-8-5-10(9-14)12(16)13-6-3-4-7-13/h2,10H,1,3-9H2/t10-/m1/s1. The summed E-state index contributed by atoms with van der Waals surface area (Å²) in [7, 11) is 0. The highest BCUT2D eigenvalue weighted by Crippen LogP contribution is 2.21. The maximum absolute atomic E-state index is 12.1. The highest BCUT2D eigenvalue weighted by molar-refractivity contribution is 5.88. The number of rotatable bonds is 2. The first-order chi connectivity index (χ1) is 7.72. The topological polar surface area (TPSA) is 40.6 Å². The summed E-state index contributed by atoms with van der Waals surface area (Å²) in [4.78, 5) is 27.1. The van der Waals surface area contributed by atoms with Gasteiger partial charge in [0.15, 0.2) is 0 Å². The fraction of sp³-hybridized carbons (Fsp3) is 0.667. The van der Waals surface area contributed by atoms with Crippen molar-refractivity contribution in [3.05, 3.63) is 12.7 Å². The highest BCUT2D eigenvalue weighted by atomic mass is 16.2. The van der Waals surface area contributed by atoms with Crippen LogP contribution in [0.15, 0.2) is 12.7 Å². The van der Waals surface area contributed by atoms with Crippen LogP contribution in [0.1, 0.15) is 19.3 Å². The molecule has 0 radical (unpaired) electrons. The molecule has 0 N–H and O–H groups in total. The number of likely N-dealkylation sites (tertiary alicyclic amines) is 2. The van der Waals surface area contributed by atoms with Gasteiger partial charge in [-0.15, -0.1) is 0 Å². The maximum atomic E-state index is 12.1. The summed E-state index contributed by atoms with van der Waals surface area (Å²) in [6.45, 7) is 6.51. The molecular weight excluding hydrogens is 204 g/mol. The Kier molecular flexibility index (Phi) is 3.27. The molecule has 2 heterocycles. The van der Waals surface area contributed by atoms with Gasteiger partial charge in [-0.25, -0.2) is 0 Å². The maximum Gasteiger partial charge on any atom is 0.245 e. The third-order valence-electron chi connectivity index (χ3n) is 3.44. The molecule has 16 heavy (non-hydrogen) atoms. The van der Waals surface area contributed by atoms with Crippen molar-refractivity contribution >= 4 is 11.8 Å². The van der Waals surface area contributed by atoms with Crippen molar-refractivity contribution in [3.8, 4) is 0 Å². The molecule has 0 aliphatic carbocycles. The smallest absolute Gasteiger partial charge is 0.245 e. The van der Waals surface area contributed by atoms with Crippen LogP contribution in [0.2, 0.25) is 0 Å². The second-order valence-corrected chi connectivity index (χ2v) is 4.51. The molecule has 0 aromatic heterocycles. The average molecular weight is 222 g/mol. The van der Waals surface area contributed by atoms with Crippen molar-refractivity contribution in [2.75, 3.05) is 26.2 Å². The predicted octanol–water partition coefficient (Wildman–Crippen LogP) is 0.643. The van der Waals surface area contributed by atoms with Gasteiger partial charge in [0.25, 0.3) is 0 Å². The lowest BCUT2D eigenvalue weighted by molar-refractivity contribution is -0.134. The normalized spacial score (nSPS) is 24.9. The van der Waals surface area contributed by atoms with Crippen molar-refractivity contribution in [2.45, 2.75) is 19.3 Å². The van der Waals surface area contributed by atoms with E-state index in [1.807, 2.05) is 4.90 Å². The molecule has 2 aliphatic heterocycles. The minimum Gasteiger partial charge on any atom is -0.342 e. The molecule has 0 saturated carbocycles. The zero-order valence-electron chi connectivity index (χ0n) is 9.52. The average Bonchev–Trinajstić information content (AvgIpc) is 2.97. The fourth-order valence-electron chi connectivity index (χ4n) is 2.49. The van der Waals surface area contributed by atoms with Gasteiger partial charge < -0.3 is 9.80 Å². The van der Waals surface area contributed by atoms with Crippen LogP contribution >= 0.6 is 0 Å². The number of hydrogen-bond acceptors (Lipinski definition) is 2. The molecule has 1 atom stereocenters. The number of amides is 2. The molecule has 0 unspecified atom stereocenters. The summed E-state index contributed by atoms with van der Waals surface area (Å²) in [6, 6.07) is 0. The minimum atomic E-state index is -0.0586. The first kappa shape index (κ1) is 11.2. The Balaban J connectivity index is 1.90. The van der Waals surface area contributed by atoms with Crippen LogP contribution in [-0.4, -0.2) is 47.8 Å². The number of carbonyl (C=O) groups excluding carboxylic acids is 2. The van der Waals surface area contributed by atoms with E-state index < -0.39 is 0 Å². The zero-order chi connectivity index (χ0) is 11.5. The zero-order valence-corrected chi connectivity index (χ0v) is 9.52. The molecule has 4 heteroatoms. The number of carbonyl (C=O) groups is 2. The Morgan fingerprint density at radius 3 is 2.44 bits per heavy atom. The SMILES string of the molecule is C=CC(=O)N1CC[C@@H](C(=O)N2CCCC2)C1. The Hall–Kier alpha value is -1.32. The Morgan fingerprint density at radius 2 is 1.81 bits per heavy atom. The van der Waals surface area contributed by atoms with Crippen LogP contribution in [0.3, 0.4) is 0 Å². The van der Waals surface area contributed by atoms with E-state index in [1.165, 1.54) is 6.08 Å². The van der Waals surface area contributed by atoms with Gasteiger partial charge in [0, 0.05) is 26.2 Å². The van der Waals surface area contributed by atoms with Gasteiger partial charge in [-0.05, 0) is 25.3 Å². The van der Waals surface area contributed by atoms with Crippen LogP contribution < -0.4 is 0 Å². The first-order valence-electron chi connectivity index (χ1n) is 5.92. The van der Waals surface area contributed by atoms with Gasteiger partial charge in [-0.1, -0.05) is 6.58 Å². The molecule has 0 bridgehead atoms. The molecule has 88 valence electrons. The molecule has 2 amide bonds. The number of nitrogens with zero attached hydrogens (tertiary/aromatic N) is 2. The van der Waals surface area contributed by atoms with E-state index in [0.29, 0.717) is 13.1 Å². The van der Waals surface area contributed by atoms with Gasteiger partial charge in [0.05, 0.1) is 5.92 Å². The van der Waals surface area contributed by atoms with E-state index in [1.54, 1.807) is 4.90 Å². The molecule has 2 aliphatic rings. The molecule has 0 aromatic rings. The van der Waals surface area contributed by atoms with Crippen molar-refractivity contribution in [2.24, 2.45) is 5.92 Å². The van der Waals surface area contributed by atoms with E-state index in [-0.39, 0.29) is 17.7 Å². The van der Waals surface area contributed by atoms with Gasteiger partial charge >= 0.3 is 0 Å². The van der Waals surface area contributed by atoms with E-state index in [4.69, 9.17) is 0 Å². The lowest BCUT2D eigenvalue weighted by Crippen LogP contribution is -2.36. The predicted molar refractivity (Wildman–Crippen MR) is 60.7 cm³/mol. The second-order valence-electron chi connectivity index (χ2n) is 4.51. The van der Waals surface area contributed by atoms with Crippen molar-refractivity contribution in [3.63, 3.8) is 0 Å². The largest absolute Gasteiger partial charge is 0.342 e. The quantitative estimate of drug-likeness (QED) is 0.643. The number of hydrogen-bond donors (Lipinski definition) is 0. The van der Waals surface area contributed by atoms with E-state index in [0.717, 1.165) is 32.4 Å². The van der Waals surface area contributed by atoms with Crippen LogP contribution in [0.25, 0.3) is 0 Å². The van der Waals surface area contributed by atoms with Gasteiger partial charge in [0.1, 0.15) is 0 Å². The lowest BCUT2D eigenvalue weighted by atomic mass is 10.1. The van der Waals surface area contributed by atoms with Crippen molar-refractivity contribution in [1.82, 2.24) is 9.80 Å². The lowest BCUT2D eigenvalue weighted by Gasteiger charge is -2.20. The molecule has 0 spiro atoms. The van der Waals surface area contributed by atoms with E-state index >= 15 is 0 Å². The van der Waals surface area contributed by atoms with Gasteiger partial charge in [-0.2, -0.15) is 0 Å². The van der Waals surface area contributed by atoms with Crippen LogP contribution in [0.5, 0.6) is 0 Å². The summed E-state index contributed by atoms with van der Waals surface area (Å²) in [5, 5.41) is 0. The van der Waals surface area contributed by atoms with Crippen LogP contribution in [0, 0.1) is 5.92 Å². The summed E-state index contributed by atoms with van der Waals surface area (Å²) in [5.41, 5.74) is 0. The monoisotopic (exact) mass is 222 g/mol. The van der Waals surface area contributed by atoms with Crippen molar-refractivity contribution < 1.29 is 9.59 Å². The second kappa shape index (κ2) is 4.68. The summed E-state index contributed by atoms with van der Waals surface area (Å²) in [6.07, 6.45) is 4.36.